The zero-order valence-corrected chi connectivity index (χ0v) is 12.8. The molecule has 108 valence electrons. The van der Waals surface area contributed by atoms with Gasteiger partial charge in [0.2, 0.25) is 0 Å². The number of fused-ring (bicyclic) bond motifs is 2. The molecular formula is C18H20N2O. The number of aldehydes is 1. The molecule has 0 N–H and O–H groups in total. The van der Waals surface area contributed by atoms with Crippen LogP contribution in [-0.4, -0.2) is 20.4 Å². The van der Waals surface area contributed by atoms with Crippen LogP contribution in [0.1, 0.15) is 27.0 Å². The third-order valence-electron chi connectivity index (χ3n) is 4.11. The predicted octanol–water partition coefficient (Wildman–Crippen LogP) is 3.39. The van der Waals surface area contributed by atoms with Gasteiger partial charge in [0.1, 0.15) is 6.29 Å². The van der Waals surface area contributed by atoms with Crippen molar-refractivity contribution >= 4 is 17.7 Å². The van der Waals surface area contributed by atoms with Gasteiger partial charge in [0, 0.05) is 44.1 Å². The fourth-order valence-corrected chi connectivity index (χ4v) is 3.07. The van der Waals surface area contributed by atoms with E-state index in [4.69, 9.17) is 0 Å². The van der Waals surface area contributed by atoms with Gasteiger partial charge < -0.3 is 9.80 Å². The van der Waals surface area contributed by atoms with Crippen molar-refractivity contribution in [1.82, 2.24) is 0 Å². The van der Waals surface area contributed by atoms with Gasteiger partial charge in [-0.3, -0.25) is 4.79 Å². The van der Waals surface area contributed by atoms with Crippen molar-refractivity contribution in [3.63, 3.8) is 0 Å². The Hall–Kier alpha value is -2.29. The molecule has 0 bridgehead atoms. The molecule has 0 amide bonds. The van der Waals surface area contributed by atoms with Crippen LogP contribution in [0.3, 0.4) is 0 Å². The van der Waals surface area contributed by atoms with Crippen molar-refractivity contribution in [3.8, 4) is 0 Å². The number of benzene rings is 2. The maximum Gasteiger partial charge on any atom is 0.150 e. The molecule has 2 aromatic rings. The lowest BCUT2D eigenvalue weighted by Gasteiger charge is -2.32. The summed E-state index contributed by atoms with van der Waals surface area (Å²) in [6.45, 7) is 3.80. The first-order chi connectivity index (χ1) is 10.1. The fraction of sp³-hybridized carbons (Fsp3) is 0.278. The Morgan fingerprint density at radius 2 is 1.48 bits per heavy atom. The Bertz CT molecular complexity index is 694. The molecule has 1 heterocycles. The van der Waals surface area contributed by atoms with E-state index in [1.165, 1.54) is 28.1 Å². The van der Waals surface area contributed by atoms with Crippen molar-refractivity contribution in [2.24, 2.45) is 0 Å². The molecule has 0 fully saturated rings. The number of hydrogen-bond acceptors (Lipinski definition) is 3. The second kappa shape index (κ2) is 5.24. The van der Waals surface area contributed by atoms with E-state index in [2.05, 4.69) is 49.0 Å². The van der Waals surface area contributed by atoms with Crippen LogP contribution in [0, 0.1) is 6.92 Å². The lowest BCUT2D eigenvalue weighted by atomic mass is 10.0. The minimum Gasteiger partial charge on any atom is -0.370 e. The number of anilines is 2. The Morgan fingerprint density at radius 1 is 0.905 bits per heavy atom. The van der Waals surface area contributed by atoms with Crippen LogP contribution >= 0.6 is 0 Å². The highest BCUT2D eigenvalue weighted by Crippen LogP contribution is 2.31. The quantitative estimate of drug-likeness (QED) is 0.748. The highest BCUT2D eigenvalue weighted by Gasteiger charge is 2.18. The van der Waals surface area contributed by atoms with Crippen LogP contribution in [0.2, 0.25) is 0 Å². The SMILES string of the molecule is Cc1ccc2c(c1)CN(C)c1ccc(C=O)cc1CN2C. The molecule has 0 saturated heterocycles. The van der Waals surface area contributed by atoms with Crippen molar-refractivity contribution in [2.45, 2.75) is 20.0 Å². The first-order valence-corrected chi connectivity index (χ1v) is 7.18. The van der Waals surface area contributed by atoms with Crippen molar-refractivity contribution < 1.29 is 4.79 Å². The molecule has 0 aliphatic carbocycles. The zero-order chi connectivity index (χ0) is 15.0. The predicted molar refractivity (Wildman–Crippen MR) is 87.2 cm³/mol. The highest BCUT2D eigenvalue weighted by atomic mass is 16.1. The molecule has 0 unspecified atom stereocenters. The normalized spacial score (nSPS) is 14.0. The molecule has 0 atom stereocenters. The molecular weight excluding hydrogens is 260 g/mol. The molecule has 3 heteroatoms. The maximum atomic E-state index is 11.0. The summed E-state index contributed by atoms with van der Waals surface area (Å²) >= 11 is 0. The second-order valence-electron chi connectivity index (χ2n) is 5.85. The Labute approximate surface area is 125 Å². The molecule has 0 spiro atoms. The number of nitrogens with zero attached hydrogens (tertiary/aromatic N) is 2. The summed E-state index contributed by atoms with van der Waals surface area (Å²) in [5.74, 6) is 0. The smallest absolute Gasteiger partial charge is 0.150 e. The summed E-state index contributed by atoms with van der Waals surface area (Å²) in [7, 11) is 4.22. The van der Waals surface area contributed by atoms with Gasteiger partial charge in [-0.25, -0.2) is 0 Å². The number of aryl methyl sites for hydroxylation is 1. The van der Waals surface area contributed by atoms with E-state index in [-0.39, 0.29) is 0 Å². The van der Waals surface area contributed by atoms with E-state index < -0.39 is 0 Å². The summed E-state index contributed by atoms with van der Waals surface area (Å²) in [5, 5.41) is 0. The largest absolute Gasteiger partial charge is 0.370 e. The van der Waals surface area contributed by atoms with Crippen molar-refractivity contribution in [3.05, 3.63) is 58.7 Å². The Morgan fingerprint density at radius 3 is 2.10 bits per heavy atom. The minimum absolute atomic E-state index is 0.736. The molecule has 21 heavy (non-hydrogen) atoms. The van der Waals surface area contributed by atoms with E-state index in [9.17, 15) is 4.79 Å². The molecule has 2 aromatic carbocycles. The van der Waals surface area contributed by atoms with Crippen LogP contribution < -0.4 is 9.80 Å². The number of rotatable bonds is 1. The average Bonchev–Trinajstić information content (AvgIpc) is 2.45. The molecule has 3 rings (SSSR count). The highest BCUT2D eigenvalue weighted by molar-refractivity contribution is 5.77. The van der Waals surface area contributed by atoms with E-state index in [1.54, 1.807) is 0 Å². The van der Waals surface area contributed by atoms with Crippen LogP contribution in [0.4, 0.5) is 11.4 Å². The zero-order valence-electron chi connectivity index (χ0n) is 12.8. The molecule has 0 saturated carbocycles. The van der Waals surface area contributed by atoms with Gasteiger partial charge in [-0.2, -0.15) is 0 Å². The van der Waals surface area contributed by atoms with Crippen molar-refractivity contribution in [1.29, 1.82) is 0 Å². The van der Waals surface area contributed by atoms with Gasteiger partial charge >= 0.3 is 0 Å². The lowest BCUT2D eigenvalue weighted by molar-refractivity contribution is 0.112. The summed E-state index contributed by atoms with van der Waals surface area (Å²) < 4.78 is 0. The molecule has 3 nitrogen and oxygen atoms in total. The van der Waals surface area contributed by atoms with E-state index in [0.29, 0.717) is 0 Å². The van der Waals surface area contributed by atoms with Gasteiger partial charge in [0.05, 0.1) is 0 Å². The number of carbonyl (C=O) groups is 1. The topological polar surface area (TPSA) is 23.6 Å². The standard InChI is InChI=1S/C18H20N2O/c1-13-4-6-17-15(8-13)10-19(2)18-7-5-14(12-21)9-16(18)11-20(17)3/h4-9,12H,10-11H2,1-3H3. The van der Waals surface area contributed by atoms with E-state index in [0.717, 1.165) is 24.9 Å². The average molecular weight is 280 g/mol. The van der Waals surface area contributed by atoms with Gasteiger partial charge in [0.15, 0.2) is 0 Å². The third-order valence-corrected chi connectivity index (χ3v) is 4.11. The summed E-state index contributed by atoms with van der Waals surface area (Å²) in [6, 6.07) is 12.5. The van der Waals surface area contributed by atoms with Crippen LogP contribution in [0.15, 0.2) is 36.4 Å². The monoisotopic (exact) mass is 280 g/mol. The number of carbonyl (C=O) groups excluding carboxylic acids is 1. The van der Waals surface area contributed by atoms with Gasteiger partial charge in [-0.15, -0.1) is 0 Å². The fourth-order valence-electron chi connectivity index (χ4n) is 3.07. The van der Waals surface area contributed by atoms with Crippen LogP contribution in [0.5, 0.6) is 0 Å². The summed E-state index contributed by atoms with van der Waals surface area (Å²) in [5.41, 5.74) is 7.00. The minimum atomic E-state index is 0.736. The van der Waals surface area contributed by atoms with E-state index in [1.807, 2.05) is 18.2 Å². The Balaban J connectivity index is 2.09. The van der Waals surface area contributed by atoms with Crippen molar-refractivity contribution in [2.75, 3.05) is 23.9 Å². The second-order valence-corrected chi connectivity index (χ2v) is 5.85. The van der Waals surface area contributed by atoms with Gasteiger partial charge in [0.25, 0.3) is 0 Å². The number of hydrogen-bond donors (Lipinski definition) is 0. The molecule has 0 radical (unpaired) electrons. The van der Waals surface area contributed by atoms with Gasteiger partial charge in [-0.1, -0.05) is 17.7 Å². The van der Waals surface area contributed by atoms with Gasteiger partial charge in [-0.05, 0) is 42.3 Å². The Kier molecular flexibility index (Phi) is 3.42. The molecule has 1 aliphatic heterocycles. The lowest BCUT2D eigenvalue weighted by Crippen LogP contribution is -2.27. The molecule has 0 aromatic heterocycles. The first kappa shape index (κ1) is 13.7. The maximum absolute atomic E-state index is 11.0. The van der Waals surface area contributed by atoms with Crippen LogP contribution in [0.25, 0.3) is 0 Å². The van der Waals surface area contributed by atoms with Crippen LogP contribution in [-0.2, 0) is 13.1 Å². The summed E-state index contributed by atoms with van der Waals surface area (Å²) in [6.07, 6.45) is 0.913. The molecule has 1 aliphatic rings. The first-order valence-electron chi connectivity index (χ1n) is 7.18. The summed E-state index contributed by atoms with van der Waals surface area (Å²) in [4.78, 5) is 15.5. The third kappa shape index (κ3) is 2.51. The van der Waals surface area contributed by atoms with E-state index >= 15 is 0 Å².